The van der Waals surface area contributed by atoms with E-state index in [2.05, 4.69) is 22.3 Å². The normalized spacial score (nSPS) is 18.0. The van der Waals surface area contributed by atoms with Crippen LogP contribution in [0.1, 0.15) is 24.8 Å². The quantitative estimate of drug-likeness (QED) is 0.562. The third kappa shape index (κ3) is 5.08. The van der Waals surface area contributed by atoms with Crippen molar-refractivity contribution < 1.29 is 13.3 Å². The minimum absolute atomic E-state index is 0.257. The lowest BCUT2D eigenvalue weighted by Gasteiger charge is -2.36. The van der Waals surface area contributed by atoms with Gasteiger partial charge in [-0.1, -0.05) is 36.8 Å². The minimum atomic E-state index is -3.69. The molecule has 2 aromatic rings. The van der Waals surface area contributed by atoms with Gasteiger partial charge in [-0.3, -0.25) is 15.0 Å². The van der Waals surface area contributed by atoms with E-state index in [4.69, 9.17) is 0 Å². The number of anilines is 1. The molecule has 0 amide bonds. The van der Waals surface area contributed by atoms with Crippen molar-refractivity contribution in [3.8, 4) is 0 Å². The van der Waals surface area contributed by atoms with Crippen molar-refractivity contribution in [3.05, 3.63) is 64.2 Å². The number of nitrogens with one attached hydrogen (secondary N) is 1. The molecule has 0 aliphatic carbocycles. The lowest BCUT2D eigenvalue weighted by molar-refractivity contribution is -0.387. The highest BCUT2D eigenvalue weighted by atomic mass is 32.2. The Hall–Kier alpha value is -2.45. The molecule has 8 heteroatoms. The van der Waals surface area contributed by atoms with Crippen LogP contribution in [0, 0.1) is 10.1 Å². The highest BCUT2D eigenvalue weighted by Gasteiger charge is 2.24. The molecule has 1 fully saturated rings. The Kier molecular flexibility index (Phi) is 6.31. The number of hydrogen-bond acceptors (Lipinski definition) is 6. The van der Waals surface area contributed by atoms with Gasteiger partial charge in [-0.15, -0.1) is 0 Å². The molecule has 1 aliphatic heterocycles. The number of nitrogens with zero attached hydrogens (tertiary/aromatic N) is 2. The van der Waals surface area contributed by atoms with E-state index in [0.717, 1.165) is 32.2 Å². The number of hydrogen-bond donors (Lipinski definition) is 1. The predicted octanol–water partition coefficient (Wildman–Crippen LogP) is 3.46. The number of nitro benzene ring substituents is 1. The van der Waals surface area contributed by atoms with Crippen LogP contribution < -0.4 is 5.32 Å². The van der Waals surface area contributed by atoms with Crippen LogP contribution in [0.5, 0.6) is 0 Å². The van der Waals surface area contributed by atoms with Crippen molar-refractivity contribution in [2.75, 3.05) is 24.7 Å². The molecule has 0 aromatic heterocycles. The largest absolute Gasteiger partial charge is 0.383 e. The van der Waals surface area contributed by atoms with Gasteiger partial charge in [-0.25, -0.2) is 8.42 Å². The monoisotopic (exact) mass is 403 g/mol. The first-order chi connectivity index (χ1) is 13.3. The first-order valence-corrected chi connectivity index (χ1v) is 11.2. The molecule has 1 atom stereocenters. The van der Waals surface area contributed by atoms with Crippen LogP contribution in [0.4, 0.5) is 11.4 Å². The van der Waals surface area contributed by atoms with Gasteiger partial charge in [0.15, 0.2) is 9.84 Å². The Labute approximate surface area is 165 Å². The van der Waals surface area contributed by atoms with Crippen molar-refractivity contribution in [2.45, 2.75) is 36.7 Å². The van der Waals surface area contributed by atoms with Crippen molar-refractivity contribution in [1.29, 1.82) is 0 Å². The maximum Gasteiger partial charge on any atom is 0.288 e. The highest BCUT2D eigenvalue weighted by Crippen LogP contribution is 2.27. The summed E-state index contributed by atoms with van der Waals surface area (Å²) < 4.78 is 23.9. The summed E-state index contributed by atoms with van der Waals surface area (Å²) in [6.45, 7) is 2.56. The average molecular weight is 404 g/mol. The highest BCUT2D eigenvalue weighted by molar-refractivity contribution is 7.90. The van der Waals surface area contributed by atoms with E-state index in [9.17, 15) is 18.5 Å². The number of sulfone groups is 1. The van der Waals surface area contributed by atoms with Crippen molar-refractivity contribution in [1.82, 2.24) is 4.90 Å². The molecule has 150 valence electrons. The molecular weight excluding hydrogens is 378 g/mol. The van der Waals surface area contributed by atoms with Gasteiger partial charge >= 0.3 is 0 Å². The smallest absolute Gasteiger partial charge is 0.288 e. The van der Waals surface area contributed by atoms with E-state index < -0.39 is 20.4 Å². The molecule has 1 aliphatic rings. The lowest BCUT2D eigenvalue weighted by Crippen LogP contribution is -2.43. The van der Waals surface area contributed by atoms with Gasteiger partial charge in [0.05, 0.1) is 4.92 Å². The topological polar surface area (TPSA) is 92.6 Å². The predicted molar refractivity (Wildman–Crippen MR) is 109 cm³/mol. The fraction of sp³-hybridized carbons (Fsp3) is 0.400. The molecule has 1 saturated heterocycles. The summed E-state index contributed by atoms with van der Waals surface area (Å²) in [5, 5.41) is 14.4. The summed E-state index contributed by atoms with van der Waals surface area (Å²) >= 11 is 0. The molecule has 2 aromatic carbocycles. The standard InChI is InChI=1S/C20H25N3O4S/c1-28(26,27)20-13-17(10-11-19(20)23(24)25)21-14-18-9-5-6-12-22(18)15-16-7-3-2-4-8-16/h2-4,7-8,10-11,13,18,21H,5-6,9,12,14-15H2,1H3. The van der Waals surface area contributed by atoms with E-state index in [0.29, 0.717) is 18.3 Å². The average Bonchev–Trinajstić information content (AvgIpc) is 2.67. The molecule has 1 heterocycles. The van der Waals surface area contributed by atoms with Crippen molar-refractivity contribution in [3.63, 3.8) is 0 Å². The van der Waals surface area contributed by atoms with Gasteiger partial charge in [-0.05, 0) is 37.1 Å². The zero-order valence-corrected chi connectivity index (χ0v) is 16.7. The van der Waals surface area contributed by atoms with Crippen LogP contribution in [0.25, 0.3) is 0 Å². The first kappa shape index (κ1) is 20.3. The summed E-state index contributed by atoms with van der Waals surface area (Å²) in [5.74, 6) is 0. The molecule has 7 nitrogen and oxygen atoms in total. The van der Waals surface area contributed by atoms with Crippen LogP contribution in [0.3, 0.4) is 0 Å². The summed E-state index contributed by atoms with van der Waals surface area (Å²) in [4.78, 5) is 12.6. The molecule has 1 unspecified atom stereocenters. The minimum Gasteiger partial charge on any atom is -0.383 e. The Morgan fingerprint density at radius 2 is 1.93 bits per heavy atom. The fourth-order valence-electron chi connectivity index (χ4n) is 3.62. The third-order valence-corrected chi connectivity index (χ3v) is 6.20. The molecular formula is C20H25N3O4S. The lowest BCUT2D eigenvalue weighted by atomic mass is 10.0. The Balaban J connectivity index is 1.72. The second-order valence-corrected chi connectivity index (χ2v) is 9.18. The van der Waals surface area contributed by atoms with Crippen LogP contribution >= 0.6 is 0 Å². The number of benzene rings is 2. The van der Waals surface area contributed by atoms with Crippen LogP contribution in [-0.2, 0) is 16.4 Å². The van der Waals surface area contributed by atoms with Gasteiger partial charge in [-0.2, -0.15) is 0 Å². The van der Waals surface area contributed by atoms with Gasteiger partial charge in [0, 0.05) is 37.1 Å². The van der Waals surface area contributed by atoms with E-state index in [1.54, 1.807) is 6.07 Å². The fourth-order valence-corrected chi connectivity index (χ4v) is 4.49. The van der Waals surface area contributed by atoms with Gasteiger partial charge in [0.1, 0.15) is 4.90 Å². The Morgan fingerprint density at radius 1 is 1.18 bits per heavy atom. The molecule has 0 bridgehead atoms. The van der Waals surface area contributed by atoms with Gasteiger partial charge in [0.2, 0.25) is 0 Å². The van der Waals surface area contributed by atoms with Crippen molar-refractivity contribution in [2.24, 2.45) is 0 Å². The van der Waals surface area contributed by atoms with Crippen LogP contribution in [0.15, 0.2) is 53.4 Å². The van der Waals surface area contributed by atoms with Gasteiger partial charge in [0.25, 0.3) is 5.69 Å². The number of nitro groups is 1. The zero-order valence-electron chi connectivity index (χ0n) is 15.9. The number of rotatable bonds is 7. The second-order valence-electron chi connectivity index (χ2n) is 7.20. The Morgan fingerprint density at radius 3 is 2.61 bits per heavy atom. The maximum atomic E-state index is 11.9. The molecule has 0 radical (unpaired) electrons. The second kappa shape index (κ2) is 8.70. The zero-order chi connectivity index (χ0) is 20.1. The summed E-state index contributed by atoms with van der Waals surface area (Å²) in [6.07, 6.45) is 4.37. The number of piperidine rings is 1. The molecule has 28 heavy (non-hydrogen) atoms. The summed E-state index contributed by atoms with van der Waals surface area (Å²) in [5.41, 5.74) is 1.46. The molecule has 3 rings (SSSR count). The Bertz CT molecular complexity index is 932. The van der Waals surface area contributed by atoms with E-state index in [-0.39, 0.29) is 4.90 Å². The van der Waals surface area contributed by atoms with Crippen LogP contribution in [0.2, 0.25) is 0 Å². The summed E-state index contributed by atoms with van der Waals surface area (Å²) in [6, 6.07) is 14.8. The molecule has 1 N–H and O–H groups in total. The van der Waals surface area contributed by atoms with E-state index >= 15 is 0 Å². The summed E-state index contributed by atoms with van der Waals surface area (Å²) in [7, 11) is -3.69. The van der Waals surface area contributed by atoms with Crippen LogP contribution in [-0.4, -0.2) is 43.6 Å². The SMILES string of the molecule is CS(=O)(=O)c1cc(NCC2CCCCN2Cc2ccccc2)ccc1[N+](=O)[O-]. The van der Waals surface area contributed by atoms with Gasteiger partial charge < -0.3 is 5.32 Å². The third-order valence-electron chi connectivity index (χ3n) is 5.08. The van der Waals surface area contributed by atoms with Crippen molar-refractivity contribution >= 4 is 21.2 Å². The number of likely N-dealkylation sites (tertiary alicyclic amines) is 1. The van der Waals surface area contributed by atoms with E-state index in [1.165, 1.54) is 24.1 Å². The van der Waals surface area contributed by atoms with E-state index in [1.807, 2.05) is 18.2 Å². The molecule has 0 saturated carbocycles. The maximum absolute atomic E-state index is 11.9. The first-order valence-electron chi connectivity index (χ1n) is 9.35. The molecule has 0 spiro atoms.